The molecule has 1 fully saturated rings. The minimum atomic E-state index is 0.225. The zero-order valence-corrected chi connectivity index (χ0v) is 9.73. The molecule has 2 heteroatoms. The molecule has 0 aromatic heterocycles. The largest absolute Gasteiger partial charge is 0.323 e. The molecule has 1 heterocycles. The third-order valence-electron chi connectivity index (χ3n) is 4.15. The number of nitrogens with two attached hydrogens (primary N) is 1. The molecule has 0 bridgehead atoms. The molecule has 0 amide bonds. The highest BCUT2D eigenvalue weighted by Gasteiger charge is 2.31. The summed E-state index contributed by atoms with van der Waals surface area (Å²) >= 11 is 0. The summed E-state index contributed by atoms with van der Waals surface area (Å²) in [6.45, 7) is 2.50. The lowest BCUT2D eigenvalue weighted by molar-refractivity contribution is 0.191. The van der Waals surface area contributed by atoms with Crippen molar-refractivity contribution in [2.45, 2.75) is 37.8 Å². The number of nitrogens with zero attached hydrogens (tertiary/aromatic N) is 1. The second-order valence-electron chi connectivity index (χ2n) is 5.07. The second kappa shape index (κ2) is 4.19. The Bertz CT molecular complexity index is 369. The summed E-state index contributed by atoms with van der Waals surface area (Å²) in [7, 11) is 0. The summed E-state index contributed by atoms with van der Waals surface area (Å²) < 4.78 is 0. The van der Waals surface area contributed by atoms with Gasteiger partial charge in [-0.25, -0.2) is 0 Å². The zero-order valence-electron chi connectivity index (χ0n) is 9.73. The average Bonchev–Trinajstić information content (AvgIpc) is 2.83. The van der Waals surface area contributed by atoms with E-state index >= 15 is 0 Å². The molecule has 3 rings (SSSR count). The Kier molecular flexibility index (Phi) is 2.70. The lowest BCUT2D eigenvalue weighted by Crippen LogP contribution is -2.44. The zero-order chi connectivity index (χ0) is 11.0. The van der Waals surface area contributed by atoms with Crippen LogP contribution < -0.4 is 5.73 Å². The molecule has 1 aromatic rings. The van der Waals surface area contributed by atoms with Crippen molar-refractivity contribution in [3.05, 3.63) is 35.4 Å². The van der Waals surface area contributed by atoms with E-state index in [1.165, 1.54) is 49.9 Å². The molecule has 2 N–H and O–H groups in total. The molecular weight excluding hydrogens is 196 g/mol. The van der Waals surface area contributed by atoms with Crippen LogP contribution in [0.15, 0.2) is 24.3 Å². The highest BCUT2D eigenvalue weighted by atomic mass is 15.2. The smallest absolute Gasteiger partial charge is 0.0455 e. The van der Waals surface area contributed by atoms with Crippen LogP contribution in [0, 0.1) is 0 Å². The van der Waals surface area contributed by atoms with Gasteiger partial charge < -0.3 is 5.73 Å². The Hall–Kier alpha value is -0.860. The van der Waals surface area contributed by atoms with E-state index in [0.717, 1.165) is 0 Å². The van der Waals surface area contributed by atoms with Gasteiger partial charge in [0.15, 0.2) is 0 Å². The molecule has 1 saturated heterocycles. The average molecular weight is 216 g/mol. The summed E-state index contributed by atoms with van der Waals surface area (Å²) in [4.78, 5) is 2.60. The molecule has 86 valence electrons. The summed E-state index contributed by atoms with van der Waals surface area (Å²) in [5.41, 5.74) is 9.27. The standard InChI is InChI=1S/C14H20N2/c15-14-12-6-2-1-5-11(12)7-8-13(14)16-9-3-4-10-16/h1-2,5-6,13-14H,3-4,7-10,15H2. The third-order valence-corrected chi connectivity index (χ3v) is 4.15. The summed E-state index contributed by atoms with van der Waals surface area (Å²) in [5, 5.41) is 0. The number of hydrogen-bond donors (Lipinski definition) is 1. The van der Waals surface area contributed by atoms with Gasteiger partial charge in [0.25, 0.3) is 0 Å². The monoisotopic (exact) mass is 216 g/mol. The maximum absolute atomic E-state index is 6.43. The second-order valence-corrected chi connectivity index (χ2v) is 5.07. The molecule has 2 aliphatic rings. The van der Waals surface area contributed by atoms with Gasteiger partial charge in [-0.3, -0.25) is 4.90 Å². The number of hydrogen-bond acceptors (Lipinski definition) is 2. The van der Waals surface area contributed by atoms with Crippen LogP contribution in [0.2, 0.25) is 0 Å². The number of likely N-dealkylation sites (tertiary alicyclic amines) is 1. The summed E-state index contributed by atoms with van der Waals surface area (Å²) in [6, 6.07) is 9.49. The number of aryl methyl sites for hydroxylation is 1. The van der Waals surface area contributed by atoms with Crippen LogP contribution in [0.3, 0.4) is 0 Å². The van der Waals surface area contributed by atoms with E-state index in [9.17, 15) is 0 Å². The molecule has 16 heavy (non-hydrogen) atoms. The van der Waals surface area contributed by atoms with Crippen LogP contribution in [-0.2, 0) is 6.42 Å². The first-order valence-corrected chi connectivity index (χ1v) is 6.44. The first-order chi connectivity index (χ1) is 7.86. The van der Waals surface area contributed by atoms with Crippen molar-refractivity contribution in [1.82, 2.24) is 4.90 Å². The van der Waals surface area contributed by atoms with Gasteiger partial charge in [-0.2, -0.15) is 0 Å². The number of fused-ring (bicyclic) bond motifs is 1. The van der Waals surface area contributed by atoms with Crippen molar-refractivity contribution in [3.8, 4) is 0 Å². The first kappa shape index (κ1) is 10.3. The molecule has 2 atom stereocenters. The van der Waals surface area contributed by atoms with Gasteiger partial charge in [0.2, 0.25) is 0 Å². The van der Waals surface area contributed by atoms with Crippen LogP contribution >= 0.6 is 0 Å². The molecule has 1 aromatic carbocycles. The maximum Gasteiger partial charge on any atom is 0.0455 e. The van der Waals surface area contributed by atoms with E-state index < -0.39 is 0 Å². The van der Waals surface area contributed by atoms with Gasteiger partial charge in [0.05, 0.1) is 0 Å². The van der Waals surface area contributed by atoms with E-state index in [-0.39, 0.29) is 6.04 Å². The van der Waals surface area contributed by atoms with Crippen LogP contribution in [0.5, 0.6) is 0 Å². The van der Waals surface area contributed by atoms with Crippen molar-refractivity contribution in [2.75, 3.05) is 13.1 Å². The van der Waals surface area contributed by atoms with Crippen molar-refractivity contribution in [1.29, 1.82) is 0 Å². The highest BCUT2D eigenvalue weighted by Crippen LogP contribution is 2.32. The third kappa shape index (κ3) is 1.66. The summed E-state index contributed by atoms with van der Waals surface area (Å²) in [5.74, 6) is 0. The Morgan fingerprint density at radius 1 is 1.12 bits per heavy atom. The lowest BCUT2D eigenvalue weighted by atomic mass is 9.84. The van der Waals surface area contributed by atoms with E-state index in [0.29, 0.717) is 6.04 Å². The molecule has 0 spiro atoms. The van der Waals surface area contributed by atoms with Crippen molar-refractivity contribution < 1.29 is 0 Å². The normalized spacial score (nSPS) is 30.3. The molecule has 2 unspecified atom stereocenters. The van der Waals surface area contributed by atoms with Gasteiger partial charge in [0, 0.05) is 12.1 Å². The van der Waals surface area contributed by atoms with Crippen LogP contribution in [-0.4, -0.2) is 24.0 Å². The Morgan fingerprint density at radius 2 is 1.88 bits per heavy atom. The van der Waals surface area contributed by atoms with Gasteiger partial charge in [-0.15, -0.1) is 0 Å². The molecule has 0 saturated carbocycles. The fourth-order valence-corrected chi connectivity index (χ4v) is 3.26. The van der Waals surface area contributed by atoms with Crippen LogP contribution in [0.1, 0.15) is 36.4 Å². The van der Waals surface area contributed by atoms with Gasteiger partial charge in [-0.05, 0) is 49.9 Å². The molecule has 1 aliphatic carbocycles. The quantitative estimate of drug-likeness (QED) is 0.779. The molecule has 1 aliphatic heterocycles. The van der Waals surface area contributed by atoms with Crippen molar-refractivity contribution >= 4 is 0 Å². The highest BCUT2D eigenvalue weighted by molar-refractivity contribution is 5.33. The minimum absolute atomic E-state index is 0.225. The molecule has 2 nitrogen and oxygen atoms in total. The Balaban J connectivity index is 1.85. The minimum Gasteiger partial charge on any atom is -0.323 e. The van der Waals surface area contributed by atoms with Gasteiger partial charge in [0.1, 0.15) is 0 Å². The van der Waals surface area contributed by atoms with Gasteiger partial charge in [-0.1, -0.05) is 24.3 Å². The van der Waals surface area contributed by atoms with E-state index in [1.807, 2.05) is 0 Å². The lowest BCUT2D eigenvalue weighted by Gasteiger charge is -2.37. The van der Waals surface area contributed by atoms with E-state index in [4.69, 9.17) is 5.73 Å². The first-order valence-electron chi connectivity index (χ1n) is 6.44. The molecule has 0 radical (unpaired) electrons. The SMILES string of the molecule is NC1c2ccccc2CCC1N1CCCC1. The topological polar surface area (TPSA) is 29.3 Å². The predicted molar refractivity (Wildman–Crippen MR) is 66.3 cm³/mol. The summed E-state index contributed by atoms with van der Waals surface area (Å²) in [6.07, 6.45) is 5.14. The Morgan fingerprint density at radius 3 is 2.69 bits per heavy atom. The van der Waals surface area contributed by atoms with E-state index in [1.54, 1.807) is 0 Å². The molecular formula is C14H20N2. The van der Waals surface area contributed by atoms with Gasteiger partial charge >= 0.3 is 0 Å². The van der Waals surface area contributed by atoms with E-state index in [2.05, 4.69) is 29.2 Å². The number of benzene rings is 1. The van der Waals surface area contributed by atoms with Crippen molar-refractivity contribution in [3.63, 3.8) is 0 Å². The van der Waals surface area contributed by atoms with Crippen molar-refractivity contribution in [2.24, 2.45) is 5.73 Å². The number of rotatable bonds is 1. The van der Waals surface area contributed by atoms with Crippen LogP contribution in [0.4, 0.5) is 0 Å². The maximum atomic E-state index is 6.43. The van der Waals surface area contributed by atoms with Crippen LogP contribution in [0.25, 0.3) is 0 Å². The Labute approximate surface area is 97.4 Å². The fraction of sp³-hybridized carbons (Fsp3) is 0.571. The fourth-order valence-electron chi connectivity index (χ4n) is 3.26. The predicted octanol–water partition coefficient (Wildman–Crippen LogP) is 2.10.